The molecule has 0 saturated heterocycles. The molecule has 0 amide bonds. The smallest absolute Gasteiger partial charge is 0.325 e. The first kappa shape index (κ1) is 13.1. The van der Waals surface area contributed by atoms with Crippen LogP contribution in [0.3, 0.4) is 0 Å². The third kappa shape index (κ3) is 2.91. The van der Waals surface area contributed by atoms with Crippen molar-refractivity contribution in [3.63, 3.8) is 0 Å². The van der Waals surface area contributed by atoms with Crippen LogP contribution in [0.15, 0.2) is 28.9 Å². The van der Waals surface area contributed by atoms with Crippen LogP contribution in [0.4, 0.5) is 0 Å². The molecule has 1 aromatic heterocycles. The molecular formula is C12H10BrClN2O2. The van der Waals surface area contributed by atoms with Gasteiger partial charge in [0.05, 0.1) is 22.8 Å². The second-order valence-corrected chi connectivity index (χ2v) is 4.81. The zero-order valence-corrected chi connectivity index (χ0v) is 12.1. The Kier molecular flexibility index (Phi) is 4.04. The van der Waals surface area contributed by atoms with E-state index in [0.717, 1.165) is 5.56 Å². The molecule has 2 rings (SSSR count). The van der Waals surface area contributed by atoms with Crippen LogP contribution in [0.2, 0.25) is 5.02 Å². The number of aromatic nitrogens is 2. The lowest BCUT2D eigenvalue weighted by atomic mass is 10.2. The summed E-state index contributed by atoms with van der Waals surface area (Å²) in [5.41, 5.74) is 1.04. The molecule has 1 heterocycles. The molecule has 1 aromatic carbocycles. The van der Waals surface area contributed by atoms with Crippen molar-refractivity contribution in [2.75, 3.05) is 7.11 Å². The summed E-state index contributed by atoms with van der Waals surface area (Å²) in [6.07, 6.45) is 1.56. The predicted octanol–water partition coefficient (Wildman–Crippen LogP) is 4.00. The summed E-state index contributed by atoms with van der Waals surface area (Å²) >= 11 is 9.30. The van der Waals surface area contributed by atoms with E-state index in [1.54, 1.807) is 12.3 Å². The number of hydrogen-bond acceptors (Lipinski definition) is 4. The Morgan fingerprint density at radius 2 is 2.11 bits per heavy atom. The zero-order chi connectivity index (χ0) is 13.1. The standard InChI is InChI=1S/C12H10BrClN2O2/c1-7-3-4-9(14)10(5-7)18-12-15-6-8(13)11(16-12)17-2/h3-6H,1-2H3. The normalized spacial score (nSPS) is 10.2. The third-order valence-corrected chi connectivity index (χ3v) is 3.03. The Labute approximate surface area is 118 Å². The van der Waals surface area contributed by atoms with Crippen LogP contribution in [0.25, 0.3) is 0 Å². The van der Waals surface area contributed by atoms with Crippen molar-refractivity contribution in [1.29, 1.82) is 0 Å². The van der Waals surface area contributed by atoms with Crippen LogP contribution in [-0.4, -0.2) is 17.1 Å². The summed E-state index contributed by atoms with van der Waals surface area (Å²) in [5, 5.41) is 0.506. The van der Waals surface area contributed by atoms with Crippen molar-refractivity contribution < 1.29 is 9.47 Å². The van der Waals surface area contributed by atoms with Gasteiger partial charge in [0.25, 0.3) is 0 Å². The molecule has 4 nitrogen and oxygen atoms in total. The highest BCUT2D eigenvalue weighted by atomic mass is 79.9. The quantitative estimate of drug-likeness (QED) is 0.853. The highest BCUT2D eigenvalue weighted by Crippen LogP contribution is 2.30. The molecule has 0 bridgehead atoms. The Morgan fingerprint density at radius 3 is 2.83 bits per heavy atom. The molecule has 18 heavy (non-hydrogen) atoms. The highest BCUT2D eigenvalue weighted by Gasteiger charge is 2.09. The van der Waals surface area contributed by atoms with Gasteiger partial charge in [-0.25, -0.2) is 4.98 Å². The number of halogens is 2. The van der Waals surface area contributed by atoms with E-state index >= 15 is 0 Å². The van der Waals surface area contributed by atoms with E-state index in [1.807, 2.05) is 19.1 Å². The molecule has 0 aliphatic rings. The topological polar surface area (TPSA) is 44.2 Å². The number of rotatable bonds is 3. The average Bonchev–Trinajstić information content (AvgIpc) is 2.36. The highest BCUT2D eigenvalue weighted by molar-refractivity contribution is 9.10. The van der Waals surface area contributed by atoms with Gasteiger partial charge in [0, 0.05) is 0 Å². The second-order valence-electron chi connectivity index (χ2n) is 3.55. The van der Waals surface area contributed by atoms with Gasteiger partial charge in [-0.2, -0.15) is 4.98 Å². The van der Waals surface area contributed by atoms with Crippen molar-refractivity contribution in [3.05, 3.63) is 39.5 Å². The fraction of sp³-hybridized carbons (Fsp3) is 0.167. The largest absolute Gasteiger partial charge is 0.480 e. The van der Waals surface area contributed by atoms with Crippen LogP contribution in [0, 0.1) is 6.92 Å². The van der Waals surface area contributed by atoms with E-state index in [9.17, 15) is 0 Å². The van der Waals surface area contributed by atoms with Crippen LogP contribution in [-0.2, 0) is 0 Å². The number of methoxy groups -OCH3 is 1. The van der Waals surface area contributed by atoms with Gasteiger partial charge in [0.1, 0.15) is 5.75 Å². The molecule has 0 aliphatic heterocycles. The first-order valence-corrected chi connectivity index (χ1v) is 6.28. The molecule has 6 heteroatoms. The number of nitrogens with zero attached hydrogens (tertiary/aromatic N) is 2. The van der Waals surface area contributed by atoms with Gasteiger partial charge < -0.3 is 9.47 Å². The SMILES string of the molecule is COc1nc(Oc2cc(C)ccc2Cl)ncc1Br. The van der Waals surface area contributed by atoms with Gasteiger partial charge in [0.15, 0.2) is 0 Å². The van der Waals surface area contributed by atoms with E-state index in [2.05, 4.69) is 25.9 Å². The third-order valence-electron chi connectivity index (χ3n) is 2.17. The summed E-state index contributed by atoms with van der Waals surface area (Å²) < 4.78 is 11.3. The number of benzene rings is 1. The summed E-state index contributed by atoms with van der Waals surface area (Å²) in [6.45, 7) is 1.95. The van der Waals surface area contributed by atoms with Crippen molar-refractivity contribution in [3.8, 4) is 17.6 Å². The van der Waals surface area contributed by atoms with Gasteiger partial charge in [-0.1, -0.05) is 17.7 Å². The monoisotopic (exact) mass is 328 g/mol. The number of hydrogen-bond donors (Lipinski definition) is 0. The van der Waals surface area contributed by atoms with Gasteiger partial charge >= 0.3 is 6.01 Å². The van der Waals surface area contributed by atoms with Gasteiger partial charge in [0.2, 0.25) is 5.88 Å². The van der Waals surface area contributed by atoms with Crippen molar-refractivity contribution >= 4 is 27.5 Å². The summed E-state index contributed by atoms with van der Waals surface area (Å²) in [6, 6.07) is 5.67. The van der Waals surface area contributed by atoms with Gasteiger partial charge in [-0.15, -0.1) is 0 Å². The lowest BCUT2D eigenvalue weighted by Gasteiger charge is -2.08. The van der Waals surface area contributed by atoms with Crippen LogP contribution in [0.1, 0.15) is 5.56 Å². The van der Waals surface area contributed by atoms with E-state index in [0.29, 0.717) is 21.1 Å². The first-order valence-electron chi connectivity index (χ1n) is 5.10. The van der Waals surface area contributed by atoms with Crippen LogP contribution in [0.5, 0.6) is 17.6 Å². The molecule has 2 aromatic rings. The molecule has 0 atom stereocenters. The Balaban J connectivity index is 2.31. The van der Waals surface area contributed by atoms with Crippen molar-refractivity contribution in [2.24, 2.45) is 0 Å². The number of aryl methyl sites for hydroxylation is 1. The maximum atomic E-state index is 6.03. The molecule has 0 fully saturated rings. The maximum Gasteiger partial charge on any atom is 0.325 e. The molecule has 0 N–H and O–H groups in total. The lowest BCUT2D eigenvalue weighted by Crippen LogP contribution is -1.96. The lowest BCUT2D eigenvalue weighted by molar-refractivity contribution is 0.373. The average molecular weight is 330 g/mol. The minimum Gasteiger partial charge on any atom is -0.480 e. The van der Waals surface area contributed by atoms with Crippen LogP contribution >= 0.6 is 27.5 Å². The van der Waals surface area contributed by atoms with Gasteiger partial charge in [-0.3, -0.25) is 0 Å². The van der Waals surface area contributed by atoms with E-state index in [4.69, 9.17) is 21.1 Å². The molecule has 0 saturated carbocycles. The second kappa shape index (κ2) is 5.54. The minimum absolute atomic E-state index is 0.183. The molecular weight excluding hydrogens is 320 g/mol. The summed E-state index contributed by atoms with van der Waals surface area (Å²) in [5.74, 6) is 0.921. The summed E-state index contributed by atoms with van der Waals surface area (Å²) in [4.78, 5) is 8.13. The maximum absolute atomic E-state index is 6.03. The molecule has 94 valence electrons. The van der Waals surface area contributed by atoms with Crippen molar-refractivity contribution in [2.45, 2.75) is 6.92 Å². The van der Waals surface area contributed by atoms with E-state index in [1.165, 1.54) is 7.11 Å². The minimum atomic E-state index is 0.183. The molecule has 0 unspecified atom stereocenters. The fourth-order valence-corrected chi connectivity index (χ4v) is 1.82. The molecule has 0 aliphatic carbocycles. The van der Waals surface area contributed by atoms with E-state index < -0.39 is 0 Å². The molecule has 0 spiro atoms. The summed E-state index contributed by atoms with van der Waals surface area (Å²) in [7, 11) is 1.52. The fourth-order valence-electron chi connectivity index (χ4n) is 1.32. The zero-order valence-electron chi connectivity index (χ0n) is 9.78. The number of ether oxygens (including phenoxy) is 2. The molecule has 0 radical (unpaired) electrons. The Morgan fingerprint density at radius 1 is 1.33 bits per heavy atom. The van der Waals surface area contributed by atoms with Gasteiger partial charge in [-0.05, 0) is 40.5 Å². The first-order chi connectivity index (χ1) is 8.60. The Bertz CT molecular complexity index is 578. The van der Waals surface area contributed by atoms with Crippen molar-refractivity contribution in [1.82, 2.24) is 9.97 Å². The Hall–Kier alpha value is -1.33. The van der Waals surface area contributed by atoms with Crippen LogP contribution < -0.4 is 9.47 Å². The van der Waals surface area contributed by atoms with E-state index in [-0.39, 0.29) is 6.01 Å². The predicted molar refractivity (Wildman–Crippen MR) is 72.5 cm³/mol.